The summed E-state index contributed by atoms with van der Waals surface area (Å²) >= 11 is 6.01. The molecule has 2 atom stereocenters. The molecular weight excluding hydrogens is 579 g/mol. The number of carbonyl (C=O) groups is 1. The smallest absolute Gasteiger partial charge is 0.338 e. The molecule has 0 bridgehead atoms. The maximum Gasteiger partial charge on any atom is 0.338 e. The fourth-order valence-electron chi connectivity index (χ4n) is 5.21. The molecule has 0 saturated carbocycles. The molecule has 1 aliphatic heterocycles. The number of ether oxygens (including phenoxy) is 1. The van der Waals surface area contributed by atoms with Gasteiger partial charge in [0.05, 0.1) is 36.0 Å². The van der Waals surface area contributed by atoms with Gasteiger partial charge in [0.1, 0.15) is 23.9 Å². The fraction of sp³-hybridized carbons (Fsp3) is 0.429. The number of nitrogens with zero attached hydrogens (tertiary/aromatic N) is 8. The first-order chi connectivity index (χ1) is 20.1. The van der Waals surface area contributed by atoms with Gasteiger partial charge in [0.25, 0.3) is 0 Å². The van der Waals surface area contributed by atoms with Gasteiger partial charge in [-0.15, -0.1) is 0 Å². The molecule has 1 aliphatic rings. The van der Waals surface area contributed by atoms with Gasteiger partial charge in [-0.25, -0.2) is 24.1 Å². The molecule has 1 N–H and O–H groups in total. The van der Waals surface area contributed by atoms with E-state index in [1.54, 1.807) is 15.8 Å². The van der Waals surface area contributed by atoms with E-state index in [0.717, 1.165) is 34.4 Å². The summed E-state index contributed by atoms with van der Waals surface area (Å²) in [6, 6.07) is 5.93. The number of rotatable bonds is 11. The molecule has 14 heteroatoms. The molecular formula is C28H32ClFN8O3Si. The maximum absolute atomic E-state index is 14.8. The van der Waals surface area contributed by atoms with E-state index < -0.39 is 19.9 Å². The zero-order valence-electron chi connectivity index (χ0n) is 23.7. The second-order valence-electron chi connectivity index (χ2n) is 11.7. The summed E-state index contributed by atoms with van der Waals surface area (Å²) in [6.45, 7) is 8.97. The molecule has 42 heavy (non-hydrogen) atoms. The Labute approximate surface area is 248 Å². The molecule has 0 spiro atoms. The van der Waals surface area contributed by atoms with Crippen molar-refractivity contribution >= 4 is 42.5 Å². The molecule has 11 nitrogen and oxygen atoms in total. The zero-order chi connectivity index (χ0) is 30.0. The minimum absolute atomic E-state index is 0.00159. The first kappa shape index (κ1) is 29.6. The monoisotopic (exact) mass is 610 g/mol. The zero-order valence-corrected chi connectivity index (χ0v) is 25.4. The Morgan fingerprint density at radius 3 is 2.90 bits per heavy atom. The van der Waals surface area contributed by atoms with Gasteiger partial charge in [0.15, 0.2) is 11.6 Å². The van der Waals surface area contributed by atoms with Gasteiger partial charge >= 0.3 is 5.97 Å². The van der Waals surface area contributed by atoms with Crippen LogP contribution in [0.15, 0.2) is 37.1 Å². The first-order valence-electron chi connectivity index (χ1n) is 13.7. The molecule has 4 aromatic heterocycles. The number of nitriles is 1. The number of fused-ring (bicyclic) bond motifs is 1. The molecule has 5 heterocycles. The van der Waals surface area contributed by atoms with Crippen molar-refractivity contribution in [2.75, 3.05) is 24.6 Å². The lowest BCUT2D eigenvalue weighted by Gasteiger charge is -2.23. The highest BCUT2D eigenvalue weighted by molar-refractivity contribution is 6.76. The third-order valence-corrected chi connectivity index (χ3v) is 9.50. The van der Waals surface area contributed by atoms with Gasteiger partial charge in [-0.3, -0.25) is 4.68 Å². The highest BCUT2D eigenvalue weighted by atomic mass is 35.5. The Bertz CT molecular complexity index is 1650. The summed E-state index contributed by atoms with van der Waals surface area (Å²) in [6.07, 6.45) is 7.95. The summed E-state index contributed by atoms with van der Waals surface area (Å²) in [7, 11) is -1.18. The van der Waals surface area contributed by atoms with Crippen molar-refractivity contribution in [3.05, 3.63) is 53.6 Å². The van der Waals surface area contributed by atoms with Crippen molar-refractivity contribution < 1.29 is 19.0 Å². The van der Waals surface area contributed by atoms with E-state index >= 15 is 0 Å². The van der Waals surface area contributed by atoms with Crippen LogP contribution in [0.3, 0.4) is 0 Å². The molecule has 0 amide bonds. The van der Waals surface area contributed by atoms with Crippen molar-refractivity contribution in [3.63, 3.8) is 0 Å². The second-order valence-corrected chi connectivity index (χ2v) is 17.6. The van der Waals surface area contributed by atoms with E-state index in [0.29, 0.717) is 32.8 Å². The molecule has 1 fully saturated rings. The van der Waals surface area contributed by atoms with Crippen LogP contribution in [0, 0.1) is 23.1 Å². The lowest BCUT2D eigenvalue weighted by molar-refractivity contribution is 0.0696. The Morgan fingerprint density at radius 1 is 1.36 bits per heavy atom. The van der Waals surface area contributed by atoms with Crippen molar-refractivity contribution in [1.29, 1.82) is 5.26 Å². The van der Waals surface area contributed by atoms with Crippen LogP contribution in [0.5, 0.6) is 0 Å². The van der Waals surface area contributed by atoms with Crippen LogP contribution in [0.25, 0.3) is 22.3 Å². The van der Waals surface area contributed by atoms with Gasteiger partial charge in [-0.05, 0) is 24.6 Å². The number of halogens is 2. The molecule has 4 aromatic rings. The molecule has 0 radical (unpaired) electrons. The number of hydrogen-bond donors (Lipinski definition) is 1. The van der Waals surface area contributed by atoms with Crippen LogP contribution < -0.4 is 4.90 Å². The number of anilines is 1. The largest absolute Gasteiger partial charge is 0.478 e. The normalized spacial score (nSPS) is 16.2. The molecule has 0 aliphatic carbocycles. The minimum Gasteiger partial charge on any atom is -0.478 e. The standard InChI is InChI=1S/C28H32ClFN8O3Si/c1-42(2,3)11-10-41-17-37-9-6-20-24(32-16-33-26(20)37)19-13-34-38(15-19)23(4-7-31)18-5-8-36(14-18)27-22(30)12-21(28(39)40)25(29)35-27/h6,9,12-13,15-16,18,23H,4-5,8,10-11,14,17H2,1-3H3,(H,39,40)/t18?,23-/m0/s1. The molecule has 5 rings (SSSR count). The van der Waals surface area contributed by atoms with Crippen LogP contribution in [-0.2, 0) is 11.5 Å². The quantitative estimate of drug-likeness (QED) is 0.133. The Morgan fingerprint density at radius 2 is 2.17 bits per heavy atom. The van der Waals surface area contributed by atoms with Crippen molar-refractivity contribution in [2.45, 2.75) is 51.3 Å². The van der Waals surface area contributed by atoms with E-state index in [-0.39, 0.29) is 34.9 Å². The molecule has 1 unspecified atom stereocenters. The summed E-state index contributed by atoms with van der Waals surface area (Å²) in [5.41, 5.74) is 1.91. The summed E-state index contributed by atoms with van der Waals surface area (Å²) in [5.74, 6) is -2.13. The van der Waals surface area contributed by atoms with Crippen molar-refractivity contribution in [3.8, 4) is 17.3 Å². The van der Waals surface area contributed by atoms with Crippen molar-refractivity contribution in [2.24, 2.45) is 5.92 Å². The van der Waals surface area contributed by atoms with Crippen LogP contribution in [0.1, 0.15) is 29.2 Å². The summed E-state index contributed by atoms with van der Waals surface area (Å²) < 4.78 is 24.4. The Hall–Kier alpha value is -3.86. The highest BCUT2D eigenvalue weighted by Crippen LogP contribution is 2.35. The van der Waals surface area contributed by atoms with E-state index in [1.807, 2.05) is 23.0 Å². The average Bonchev–Trinajstić information content (AvgIpc) is 3.70. The lowest BCUT2D eigenvalue weighted by atomic mass is 9.96. The van der Waals surface area contributed by atoms with Gasteiger partial charge in [0.2, 0.25) is 0 Å². The van der Waals surface area contributed by atoms with Gasteiger partial charge in [0, 0.05) is 57.0 Å². The van der Waals surface area contributed by atoms with E-state index in [9.17, 15) is 19.6 Å². The van der Waals surface area contributed by atoms with Crippen LogP contribution in [-0.4, -0.2) is 68.1 Å². The van der Waals surface area contributed by atoms with Crippen LogP contribution >= 0.6 is 11.6 Å². The van der Waals surface area contributed by atoms with Crippen LogP contribution in [0.2, 0.25) is 30.8 Å². The Kier molecular flexibility index (Phi) is 8.58. The lowest BCUT2D eigenvalue weighted by Crippen LogP contribution is -2.26. The number of aromatic carboxylic acids is 1. The fourth-order valence-corrected chi connectivity index (χ4v) is 6.19. The number of carboxylic acids is 1. The maximum atomic E-state index is 14.8. The third kappa shape index (κ3) is 6.30. The van der Waals surface area contributed by atoms with Crippen LogP contribution in [0.4, 0.5) is 10.2 Å². The predicted octanol–water partition coefficient (Wildman–Crippen LogP) is 5.47. The first-order valence-corrected chi connectivity index (χ1v) is 17.8. The molecule has 1 saturated heterocycles. The van der Waals surface area contributed by atoms with E-state index in [2.05, 4.69) is 45.8 Å². The SMILES string of the molecule is C[Si](C)(C)CCOCn1ccc2c(-c3cnn([C@@H](CC#N)C4CCN(c5nc(Cl)c(C(=O)O)cc5F)C4)c3)ncnc21. The number of hydrogen-bond acceptors (Lipinski definition) is 8. The van der Waals surface area contributed by atoms with Gasteiger partial charge in [-0.1, -0.05) is 31.2 Å². The topological polar surface area (TPSA) is 135 Å². The predicted molar refractivity (Wildman–Crippen MR) is 159 cm³/mol. The highest BCUT2D eigenvalue weighted by Gasteiger charge is 2.33. The third-order valence-electron chi connectivity index (χ3n) is 7.51. The summed E-state index contributed by atoms with van der Waals surface area (Å²) in [5, 5.41) is 24.0. The average molecular weight is 611 g/mol. The Balaban J connectivity index is 1.33. The van der Waals surface area contributed by atoms with E-state index in [4.69, 9.17) is 16.3 Å². The van der Waals surface area contributed by atoms with Gasteiger partial charge in [-0.2, -0.15) is 10.4 Å². The number of pyridine rings is 1. The van der Waals surface area contributed by atoms with Gasteiger partial charge < -0.3 is 19.3 Å². The van der Waals surface area contributed by atoms with E-state index in [1.165, 1.54) is 6.33 Å². The molecule has 220 valence electrons. The minimum atomic E-state index is -1.34. The van der Waals surface area contributed by atoms with Crippen molar-refractivity contribution in [1.82, 2.24) is 29.3 Å². The number of carboxylic acid groups (broad SMARTS) is 1. The second kappa shape index (κ2) is 12.2. The summed E-state index contributed by atoms with van der Waals surface area (Å²) in [4.78, 5) is 26.0. The molecule has 0 aromatic carbocycles. The number of aromatic nitrogens is 6.